The fourth-order valence-electron chi connectivity index (χ4n) is 2.62. The van der Waals surface area contributed by atoms with Gasteiger partial charge >= 0.3 is 6.03 Å². The molecule has 0 aromatic carbocycles. The molecule has 112 valence electrons. The molecule has 1 aliphatic rings. The van der Waals surface area contributed by atoms with Gasteiger partial charge in [0.15, 0.2) is 0 Å². The topological polar surface area (TPSA) is 59.0 Å². The number of hydrogen-bond donors (Lipinski definition) is 2. The highest BCUT2D eigenvalue weighted by molar-refractivity contribution is 7.99. The Morgan fingerprint density at radius 3 is 3.00 bits per heavy atom. The Kier molecular flexibility index (Phi) is 5.76. The van der Waals surface area contributed by atoms with Crippen molar-refractivity contribution in [2.24, 2.45) is 7.05 Å². The van der Waals surface area contributed by atoms with Crippen molar-refractivity contribution < 1.29 is 4.79 Å². The summed E-state index contributed by atoms with van der Waals surface area (Å²) in [6.45, 7) is 2.64. The van der Waals surface area contributed by atoms with Crippen LogP contribution in [-0.2, 0) is 13.6 Å². The van der Waals surface area contributed by atoms with Crippen LogP contribution in [0.2, 0.25) is 0 Å². The number of carbonyl (C=O) groups is 1. The maximum absolute atomic E-state index is 12.0. The van der Waals surface area contributed by atoms with Gasteiger partial charge < -0.3 is 15.2 Å². The van der Waals surface area contributed by atoms with Crippen molar-refractivity contribution in [1.29, 1.82) is 0 Å². The van der Waals surface area contributed by atoms with Gasteiger partial charge in [-0.1, -0.05) is 19.8 Å². The van der Waals surface area contributed by atoms with E-state index in [1.165, 1.54) is 19.3 Å². The molecule has 1 fully saturated rings. The highest BCUT2D eigenvalue weighted by Gasteiger charge is 2.26. The van der Waals surface area contributed by atoms with Crippen LogP contribution in [-0.4, -0.2) is 32.6 Å². The van der Waals surface area contributed by atoms with Gasteiger partial charge in [0, 0.05) is 30.7 Å². The Morgan fingerprint density at radius 1 is 1.50 bits per heavy atom. The predicted octanol–water partition coefficient (Wildman–Crippen LogP) is 2.28. The summed E-state index contributed by atoms with van der Waals surface area (Å²) in [6.07, 6.45) is 8.42. The molecule has 2 N–H and O–H groups in total. The van der Waals surface area contributed by atoms with Crippen LogP contribution >= 0.6 is 11.8 Å². The lowest BCUT2D eigenvalue weighted by atomic mass is 9.95. The highest BCUT2D eigenvalue weighted by Crippen LogP contribution is 2.28. The minimum absolute atomic E-state index is 0.0818. The first kappa shape index (κ1) is 15.2. The first-order valence-corrected chi connectivity index (χ1v) is 8.37. The van der Waals surface area contributed by atoms with Crippen LogP contribution in [0.3, 0.4) is 0 Å². The van der Waals surface area contributed by atoms with Crippen molar-refractivity contribution in [2.75, 3.05) is 5.75 Å². The number of aromatic nitrogens is 2. The molecular formula is C14H24N4OS. The first-order valence-electron chi connectivity index (χ1n) is 7.33. The summed E-state index contributed by atoms with van der Waals surface area (Å²) in [7, 11) is 1.93. The van der Waals surface area contributed by atoms with Crippen LogP contribution in [0.5, 0.6) is 0 Å². The molecule has 1 heterocycles. The highest BCUT2D eigenvalue weighted by atomic mass is 32.2. The number of imidazole rings is 1. The van der Waals surface area contributed by atoms with Gasteiger partial charge in [0.25, 0.3) is 0 Å². The summed E-state index contributed by atoms with van der Waals surface area (Å²) in [5.41, 5.74) is 0. The average Bonchev–Trinajstić information content (AvgIpc) is 2.84. The van der Waals surface area contributed by atoms with E-state index in [9.17, 15) is 4.79 Å². The van der Waals surface area contributed by atoms with Crippen molar-refractivity contribution >= 4 is 17.8 Å². The van der Waals surface area contributed by atoms with Gasteiger partial charge in [-0.15, -0.1) is 0 Å². The number of carbonyl (C=O) groups excluding carboxylic acids is 1. The molecule has 1 aromatic heterocycles. The molecule has 2 atom stereocenters. The molecule has 0 bridgehead atoms. The predicted molar refractivity (Wildman–Crippen MR) is 82.8 cm³/mol. The third-order valence-corrected chi connectivity index (χ3v) is 5.05. The Balaban J connectivity index is 1.79. The van der Waals surface area contributed by atoms with Crippen molar-refractivity contribution in [3.8, 4) is 0 Å². The standard InChI is InChI=1S/C14H24N4OS/c1-3-20-12-7-5-4-6-11(12)17-14(19)16-10-13-15-8-9-18(13)2/h8-9,11-12H,3-7,10H2,1-2H3,(H2,16,17,19)/t11-,12-/m0/s1. The summed E-state index contributed by atoms with van der Waals surface area (Å²) in [5, 5.41) is 6.58. The van der Waals surface area contributed by atoms with E-state index in [4.69, 9.17) is 0 Å². The maximum atomic E-state index is 12.0. The van der Waals surface area contributed by atoms with Crippen molar-refractivity contribution in [1.82, 2.24) is 20.2 Å². The molecule has 0 unspecified atom stereocenters. The molecule has 2 amide bonds. The summed E-state index contributed by atoms with van der Waals surface area (Å²) >= 11 is 1.96. The second kappa shape index (κ2) is 7.57. The van der Waals surface area contributed by atoms with Crippen LogP contribution < -0.4 is 10.6 Å². The van der Waals surface area contributed by atoms with E-state index >= 15 is 0 Å². The molecular weight excluding hydrogens is 272 g/mol. The Bertz CT molecular complexity index is 433. The number of rotatable bonds is 5. The number of amides is 2. The zero-order valence-corrected chi connectivity index (χ0v) is 13.1. The number of aryl methyl sites for hydroxylation is 1. The minimum atomic E-state index is -0.0818. The van der Waals surface area contributed by atoms with Crippen LogP contribution in [0.25, 0.3) is 0 Å². The third-order valence-electron chi connectivity index (χ3n) is 3.73. The van der Waals surface area contributed by atoms with Crippen molar-refractivity contribution in [3.63, 3.8) is 0 Å². The molecule has 1 aliphatic carbocycles. The molecule has 6 heteroatoms. The van der Waals surface area contributed by atoms with E-state index in [2.05, 4.69) is 22.5 Å². The fourth-order valence-corrected chi connectivity index (χ4v) is 3.82. The minimum Gasteiger partial charge on any atom is -0.337 e. The Morgan fingerprint density at radius 2 is 2.30 bits per heavy atom. The van der Waals surface area contributed by atoms with Crippen LogP contribution in [0.15, 0.2) is 12.4 Å². The molecule has 0 radical (unpaired) electrons. The smallest absolute Gasteiger partial charge is 0.315 e. The van der Waals surface area contributed by atoms with E-state index in [-0.39, 0.29) is 6.03 Å². The zero-order chi connectivity index (χ0) is 14.4. The van der Waals surface area contributed by atoms with Gasteiger partial charge in [0.05, 0.1) is 6.54 Å². The van der Waals surface area contributed by atoms with E-state index in [1.807, 2.05) is 29.6 Å². The largest absolute Gasteiger partial charge is 0.337 e. The van der Waals surface area contributed by atoms with Crippen molar-refractivity contribution in [2.45, 2.75) is 50.4 Å². The SMILES string of the molecule is CCS[C@H]1CCCC[C@@H]1NC(=O)NCc1nccn1C. The second-order valence-corrected chi connectivity index (χ2v) is 6.68. The van der Waals surface area contributed by atoms with Crippen LogP contribution in [0.1, 0.15) is 38.4 Å². The number of nitrogens with zero attached hydrogens (tertiary/aromatic N) is 2. The van der Waals surface area contributed by atoms with Gasteiger partial charge in [-0.2, -0.15) is 11.8 Å². The van der Waals surface area contributed by atoms with Crippen molar-refractivity contribution in [3.05, 3.63) is 18.2 Å². The van der Waals surface area contributed by atoms with Gasteiger partial charge in [-0.25, -0.2) is 9.78 Å². The molecule has 2 rings (SSSR count). The lowest BCUT2D eigenvalue weighted by Crippen LogP contribution is -2.48. The Hall–Kier alpha value is -1.17. The third kappa shape index (κ3) is 4.16. The molecule has 5 nitrogen and oxygen atoms in total. The summed E-state index contributed by atoms with van der Waals surface area (Å²) < 4.78 is 1.91. The fraction of sp³-hybridized carbons (Fsp3) is 0.714. The van der Waals surface area contributed by atoms with Crippen LogP contribution in [0, 0.1) is 0 Å². The molecule has 20 heavy (non-hydrogen) atoms. The van der Waals surface area contributed by atoms with Gasteiger partial charge in [-0.3, -0.25) is 0 Å². The van der Waals surface area contributed by atoms with E-state index in [0.29, 0.717) is 17.8 Å². The Labute approximate surface area is 124 Å². The molecule has 0 spiro atoms. The molecule has 1 aromatic rings. The number of urea groups is 1. The van der Waals surface area contributed by atoms with Gasteiger partial charge in [0.1, 0.15) is 5.82 Å². The number of thioether (sulfide) groups is 1. The lowest BCUT2D eigenvalue weighted by molar-refractivity contribution is 0.232. The zero-order valence-electron chi connectivity index (χ0n) is 12.3. The maximum Gasteiger partial charge on any atom is 0.315 e. The van der Waals surface area contributed by atoms with Gasteiger partial charge in [0.2, 0.25) is 0 Å². The average molecular weight is 296 g/mol. The lowest BCUT2D eigenvalue weighted by Gasteiger charge is -2.31. The molecule has 0 aliphatic heterocycles. The molecule has 1 saturated carbocycles. The first-order chi connectivity index (χ1) is 9.70. The normalized spacial score (nSPS) is 22.5. The number of hydrogen-bond acceptors (Lipinski definition) is 3. The monoisotopic (exact) mass is 296 g/mol. The van der Waals surface area contributed by atoms with E-state index in [0.717, 1.165) is 18.0 Å². The second-order valence-electron chi connectivity index (χ2n) is 5.17. The summed E-state index contributed by atoms with van der Waals surface area (Å²) in [4.78, 5) is 16.2. The summed E-state index contributed by atoms with van der Waals surface area (Å²) in [5.74, 6) is 1.97. The molecule has 0 saturated heterocycles. The van der Waals surface area contributed by atoms with E-state index < -0.39 is 0 Å². The summed E-state index contributed by atoms with van der Waals surface area (Å²) in [6, 6.07) is 0.219. The van der Waals surface area contributed by atoms with Gasteiger partial charge in [-0.05, 0) is 18.6 Å². The van der Waals surface area contributed by atoms with E-state index in [1.54, 1.807) is 6.20 Å². The number of nitrogens with one attached hydrogen (secondary N) is 2. The van der Waals surface area contributed by atoms with Crippen LogP contribution in [0.4, 0.5) is 4.79 Å². The quantitative estimate of drug-likeness (QED) is 0.876.